The Morgan fingerprint density at radius 3 is 1.71 bits per heavy atom. The summed E-state index contributed by atoms with van der Waals surface area (Å²) in [6.07, 6.45) is 0. The number of carbonyl (C=O) groups excluding carboxylic acids is 3. The van der Waals surface area contributed by atoms with E-state index in [4.69, 9.17) is 9.47 Å². The molecule has 0 radical (unpaired) electrons. The van der Waals surface area contributed by atoms with Crippen molar-refractivity contribution in [2.75, 3.05) is 33.3 Å². The molecule has 7 nitrogen and oxygen atoms in total. The molecule has 7 heteroatoms. The van der Waals surface area contributed by atoms with E-state index in [0.29, 0.717) is 48.8 Å². The Kier molecular flexibility index (Phi) is 5.93. The van der Waals surface area contributed by atoms with Gasteiger partial charge in [-0.2, -0.15) is 0 Å². The summed E-state index contributed by atoms with van der Waals surface area (Å²) in [4.78, 5) is 39.9. The van der Waals surface area contributed by atoms with Crippen LogP contribution in [0.3, 0.4) is 0 Å². The van der Waals surface area contributed by atoms with Crippen molar-refractivity contribution in [3.8, 4) is 11.5 Å². The van der Waals surface area contributed by atoms with E-state index in [0.717, 1.165) is 0 Å². The van der Waals surface area contributed by atoms with Gasteiger partial charge < -0.3 is 19.3 Å². The predicted molar refractivity (Wildman–Crippen MR) is 103 cm³/mol. The topological polar surface area (TPSA) is 76.2 Å². The van der Waals surface area contributed by atoms with Crippen LogP contribution in [-0.2, 0) is 4.79 Å². The van der Waals surface area contributed by atoms with Crippen molar-refractivity contribution in [3.63, 3.8) is 0 Å². The lowest BCUT2D eigenvalue weighted by Gasteiger charge is -2.35. The van der Waals surface area contributed by atoms with Gasteiger partial charge in [0.1, 0.15) is 11.5 Å². The van der Waals surface area contributed by atoms with Crippen LogP contribution in [0.2, 0.25) is 0 Å². The van der Waals surface area contributed by atoms with Crippen molar-refractivity contribution in [2.24, 2.45) is 0 Å². The van der Waals surface area contributed by atoms with Crippen LogP contribution in [0.25, 0.3) is 0 Å². The van der Waals surface area contributed by atoms with Crippen LogP contribution >= 0.6 is 0 Å². The third-order valence-electron chi connectivity index (χ3n) is 4.51. The van der Waals surface area contributed by atoms with E-state index in [-0.39, 0.29) is 11.8 Å². The van der Waals surface area contributed by atoms with Crippen LogP contribution in [0.4, 0.5) is 0 Å². The molecule has 2 aromatic carbocycles. The number of hydrogen-bond donors (Lipinski definition) is 0. The number of carbonyl (C=O) groups is 3. The molecule has 1 aliphatic heterocycles. The van der Waals surface area contributed by atoms with Crippen LogP contribution in [0.5, 0.6) is 11.5 Å². The second kappa shape index (κ2) is 8.56. The van der Waals surface area contributed by atoms with Gasteiger partial charge in [-0.25, -0.2) is 0 Å². The van der Waals surface area contributed by atoms with E-state index in [1.54, 1.807) is 65.4 Å². The highest BCUT2D eigenvalue weighted by molar-refractivity contribution is 5.96. The largest absolute Gasteiger partial charge is 0.497 e. The van der Waals surface area contributed by atoms with Crippen LogP contribution < -0.4 is 9.47 Å². The first-order valence-electron chi connectivity index (χ1n) is 8.99. The summed E-state index contributed by atoms with van der Waals surface area (Å²) < 4.78 is 10.2. The SMILES string of the molecule is COc1cccc(C(=O)N2CCN(C(=O)c3cccc(OC(C)=O)c3)CC2)c1. The quantitative estimate of drug-likeness (QED) is 0.599. The maximum Gasteiger partial charge on any atom is 0.308 e. The molecule has 1 heterocycles. The molecule has 2 aromatic rings. The van der Waals surface area contributed by atoms with E-state index in [2.05, 4.69) is 0 Å². The number of ether oxygens (including phenoxy) is 2. The molecule has 0 atom stereocenters. The molecule has 2 amide bonds. The number of benzene rings is 2. The van der Waals surface area contributed by atoms with Crippen molar-refractivity contribution >= 4 is 17.8 Å². The van der Waals surface area contributed by atoms with Gasteiger partial charge in [0.2, 0.25) is 0 Å². The van der Waals surface area contributed by atoms with Crippen molar-refractivity contribution in [1.29, 1.82) is 0 Å². The average molecular weight is 382 g/mol. The molecule has 0 unspecified atom stereocenters. The molecule has 0 aliphatic carbocycles. The molecule has 1 aliphatic rings. The van der Waals surface area contributed by atoms with Gasteiger partial charge in [-0.1, -0.05) is 12.1 Å². The van der Waals surface area contributed by atoms with Crippen molar-refractivity contribution in [3.05, 3.63) is 59.7 Å². The highest BCUT2D eigenvalue weighted by Crippen LogP contribution is 2.18. The van der Waals surface area contributed by atoms with Gasteiger partial charge in [0.05, 0.1) is 7.11 Å². The lowest BCUT2D eigenvalue weighted by atomic mass is 10.1. The van der Waals surface area contributed by atoms with Gasteiger partial charge in [0.25, 0.3) is 11.8 Å². The van der Waals surface area contributed by atoms with Gasteiger partial charge in [-0.15, -0.1) is 0 Å². The number of hydrogen-bond acceptors (Lipinski definition) is 5. The zero-order valence-corrected chi connectivity index (χ0v) is 15.9. The second-order valence-corrected chi connectivity index (χ2v) is 6.44. The Morgan fingerprint density at radius 2 is 1.25 bits per heavy atom. The smallest absolute Gasteiger partial charge is 0.308 e. The van der Waals surface area contributed by atoms with Gasteiger partial charge in [-0.3, -0.25) is 14.4 Å². The van der Waals surface area contributed by atoms with E-state index in [1.165, 1.54) is 6.92 Å². The molecule has 0 bridgehead atoms. The Bertz CT molecular complexity index is 888. The van der Waals surface area contributed by atoms with Gasteiger partial charge >= 0.3 is 5.97 Å². The molecule has 3 rings (SSSR count). The first-order valence-corrected chi connectivity index (χ1v) is 8.99. The Labute approximate surface area is 163 Å². The van der Waals surface area contributed by atoms with E-state index < -0.39 is 5.97 Å². The summed E-state index contributed by atoms with van der Waals surface area (Å²) in [5, 5.41) is 0. The number of nitrogens with zero attached hydrogens (tertiary/aromatic N) is 2. The van der Waals surface area contributed by atoms with Gasteiger partial charge in [0.15, 0.2) is 0 Å². The fourth-order valence-corrected chi connectivity index (χ4v) is 3.09. The molecular formula is C21H22N2O5. The first-order chi connectivity index (χ1) is 13.5. The maximum atomic E-state index is 12.7. The Morgan fingerprint density at radius 1 is 0.786 bits per heavy atom. The maximum absolute atomic E-state index is 12.7. The third-order valence-corrected chi connectivity index (χ3v) is 4.51. The minimum Gasteiger partial charge on any atom is -0.497 e. The summed E-state index contributed by atoms with van der Waals surface area (Å²) in [5.74, 6) is 0.303. The van der Waals surface area contributed by atoms with E-state index in [1.807, 2.05) is 0 Å². The molecule has 0 saturated carbocycles. The molecule has 1 saturated heterocycles. The predicted octanol–water partition coefficient (Wildman–Crippen LogP) is 2.22. The molecule has 0 spiro atoms. The van der Waals surface area contributed by atoms with Crippen LogP contribution in [0.1, 0.15) is 27.6 Å². The number of methoxy groups -OCH3 is 1. The lowest BCUT2D eigenvalue weighted by Crippen LogP contribution is -2.50. The molecule has 1 fully saturated rings. The first kappa shape index (κ1) is 19.4. The van der Waals surface area contributed by atoms with Gasteiger partial charge in [0, 0.05) is 44.2 Å². The molecular weight excluding hydrogens is 360 g/mol. The highest BCUT2D eigenvalue weighted by Gasteiger charge is 2.26. The standard InChI is InChI=1S/C21H22N2O5/c1-15(24)28-19-8-4-6-17(14-19)21(26)23-11-9-22(10-12-23)20(25)16-5-3-7-18(13-16)27-2/h3-8,13-14H,9-12H2,1-2H3. The molecule has 28 heavy (non-hydrogen) atoms. The Balaban J connectivity index is 1.62. The summed E-state index contributed by atoms with van der Waals surface area (Å²) in [6, 6.07) is 13.6. The third kappa shape index (κ3) is 4.49. The minimum absolute atomic E-state index is 0.0807. The average Bonchev–Trinajstić information content (AvgIpc) is 2.72. The summed E-state index contributed by atoms with van der Waals surface area (Å²) in [7, 11) is 1.56. The molecule has 0 aromatic heterocycles. The minimum atomic E-state index is -0.436. The van der Waals surface area contributed by atoms with Crippen molar-refractivity contribution < 1.29 is 23.9 Å². The number of rotatable bonds is 4. The number of piperazine rings is 1. The lowest BCUT2D eigenvalue weighted by molar-refractivity contribution is -0.131. The van der Waals surface area contributed by atoms with Crippen LogP contribution in [0.15, 0.2) is 48.5 Å². The second-order valence-electron chi connectivity index (χ2n) is 6.44. The van der Waals surface area contributed by atoms with Crippen LogP contribution in [0, 0.1) is 0 Å². The van der Waals surface area contributed by atoms with Crippen molar-refractivity contribution in [2.45, 2.75) is 6.92 Å². The number of amides is 2. The zero-order valence-electron chi connectivity index (χ0n) is 15.9. The number of esters is 1. The summed E-state index contributed by atoms with van der Waals surface area (Å²) in [5.41, 5.74) is 1.01. The Hall–Kier alpha value is -3.35. The summed E-state index contributed by atoms with van der Waals surface area (Å²) in [6.45, 7) is 3.09. The van der Waals surface area contributed by atoms with Crippen molar-refractivity contribution in [1.82, 2.24) is 9.80 Å². The van der Waals surface area contributed by atoms with Gasteiger partial charge in [-0.05, 0) is 36.4 Å². The van der Waals surface area contributed by atoms with E-state index >= 15 is 0 Å². The normalized spacial score (nSPS) is 13.8. The zero-order chi connectivity index (χ0) is 20.1. The fraction of sp³-hybridized carbons (Fsp3) is 0.286. The van der Waals surface area contributed by atoms with Crippen LogP contribution in [-0.4, -0.2) is 60.9 Å². The highest BCUT2D eigenvalue weighted by atomic mass is 16.5. The van der Waals surface area contributed by atoms with E-state index in [9.17, 15) is 14.4 Å². The molecule has 146 valence electrons. The fourth-order valence-electron chi connectivity index (χ4n) is 3.09. The monoisotopic (exact) mass is 382 g/mol. The molecule has 0 N–H and O–H groups in total. The summed E-state index contributed by atoms with van der Waals surface area (Å²) >= 11 is 0.